The van der Waals surface area contributed by atoms with Gasteiger partial charge in [0.15, 0.2) is 34.1 Å². The monoisotopic (exact) mass is 2220 g/mol. The Bertz CT molecular complexity index is 5450. The second-order valence-electron chi connectivity index (χ2n) is 31.6. The van der Waals surface area contributed by atoms with Crippen LogP contribution >= 0.6 is 0 Å². The van der Waals surface area contributed by atoms with E-state index in [0.717, 1.165) is 200 Å². The van der Waals surface area contributed by atoms with Crippen LogP contribution < -0.4 is 0 Å². The van der Waals surface area contributed by atoms with Crippen LogP contribution in [0.2, 0.25) is 0 Å². The third-order valence-electron chi connectivity index (χ3n) is 22.6. The summed E-state index contributed by atoms with van der Waals surface area (Å²) in [7, 11) is 0. The molecule has 0 aliphatic rings. The van der Waals surface area contributed by atoms with Crippen LogP contribution in [0.15, 0.2) is 243 Å². The van der Waals surface area contributed by atoms with Crippen molar-refractivity contribution in [3.63, 3.8) is 0 Å². The van der Waals surface area contributed by atoms with Crippen molar-refractivity contribution in [1.82, 2.24) is 15.0 Å². The topological polar surface area (TPSA) is 190 Å². The van der Waals surface area contributed by atoms with E-state index >= 15 is 0 Å². The van der Waals surface area contributed by atoms with Gasteiger partial charge in [-0.05, 0) is 137 Å². The Morgan fingerprint density at radius 2 is 0.664 bits per heavy atom. The number of carbonyl (C=O) groups excluding carboxylic acids is 3. The molecule has 3 N–H and O–H groups in total. The molecule has 7 aromatic carbocycles. The largest absolute Gasteiger partial charge is 0.512 e. The van der Waals surface area contributed by atoms with Crippen LogP contribution in [0.3, 0.4) is 0 Å². The number of pyridine rings is 3. The number of aliphatic hydroxyl groups excluding tert-OH is 3. The fourth-order valence-electron chi connectivity index (χ4n) is 15.3. The summed E-state index contributed by atoms with van der Waals surface area (Å²) in [5, 5.41) is 32.4. The second-order valence-corrected chi connectivity index (χ2v) is 31.6. The number of halogens is 1. The summed E-state index contributed by atoms with van der Waals surface area (Å²) in [5.74, 6) is 3.87. The molecule has 0 atom stereocenters. The second kappa shape index (κ2) is 52.9. The molecule has 0 saturated heterocycles. The summed E-state index contributed by atoms with van der Waals surface area (Å²) in [6.45, 7) is 38.7. The normalized spacial score (nSPS) is 11.4. The number of rotatable bonds is 28. The molecule has 6 aromatic heterocycles. The first-order valence-electron chi connectivity index (χ1n) is 43.7. The van der Waals surface area contributed by atoms with Gasteiger partial charge in [-0.1, -0.05) is 234 Å². The number of aryl methyl sites for hydroxylation is 7. The maximum Gasteiger partial charge on any atom is 0.162 e. The molecule has 6 heterocycles. The van der Waals surface area contributed by atoms with Gasteiger partial charge in [0.25, 0.3) is 0 Å². The quantitative estimate of drug-likeness (QED) is 0.0239. The first kappa shape index (κ1) is 106. The van der Waals surface area contributed by atoms with Crippen molar-refractivity contribution in [3.8, 4) is 78.9 Å². The minimum Gasteiger partial charge on any atom is -0.512 e. The van der Waals surface area contributed by atoms with Gasteiger partial charge in [-0.3, -0.25) is 14.4 Å². The van der Waals surface area contributed by atoms with Gasteiger partial charge in [0.1, 0.15) is 23.1 Å². The Kier molecular flexibility index (Phi) is 44.7. The van der Waals surface area contributed by atoms with Crippen LogP contribution in [0.5, 0.6) is 0 Å². The molecule has 0 unspecified atom stereocenters. The van der Waals surface area contributed by atoms with Gasteiger partial charge in [-0.15, -0.1) is 105 Å². The maximum atomic E-state index is 13.1. The first-order valence-corrected chi connectivity index (χ1v) is 43.7. The van der Waals surface area contributed by atoms with Crippen LogP contribution in [-0.2, 0) is 74.7 Å². The molecule has 0 aliphatic carbocycles. The molecule has 0 aliphatic heterocycles. The fraction of sp³-hybridized carbons (Fsp3) is 0.339. The Morgan fingerprint density at radius 3 is 1.02 bits per heavy atom. The number of ketones is 3. The number of aromatic nitrogens is 3. The molecule has 0 amide bonds. The molecular weight excluding hydrogens is 2090 g/mol. The number of carbonyl (C=O) groups is 3. The van der Waals surface area contributed by atoms with Crippen LogP contribution in [0, 0.1) is 108 Å². The SMILES string of the molecule is CCC(CC)C(=O)C=C(O)C(CC)CC.CCC(CC)C(=O)C=C(O)C(CC)CC.CCC(CC)C(=O)C=C(O)C(CC)CC.Cc1[c-]c(-c2cc3c(-c4ccccc4)c(-c4ccccc4)oc3cn2)cc(C)c1.Cc1[c-]c(-c2cc3c(C)c(-c4ccccc4)oc3cn2)cc(C)c1.Cc1[c-]c(-c2cc3cc(-c4ccc(F)cc4)oc3cn2)cc(C)c1.[Ir].[Ir].[Ir]. The van der Waals surface area contributed by atoms with E-state index in [1.54, 1.807) is 18.3 Å². The molecule has 13 rings (SSSR count). The van der Waals surface area contributed by atoms with E-state index in [9.17, 15) is 34.1 Å². The van der Waals surface area contributed by atoms with Crippen molar-refractivity contribution in [1.29, 1.82) is 0 Å². The van der Waals surface area contributed by atoms with Crippen molar-refractivity contribution in [3.05, 3.63) is 293 Å². The Balaban J connectivity index is 0.000000271. The van der Waals surface area contributed by atoms with E-state index in [-0.39, 0.29) is 136 Å². The number of nitrogens with zero attached hydrogens (tertiary/aromatic N) is 3. The average molecular weight is 2220 g/mol. The Labute approximate surface area is 782 Å². The summed E-state index contributed by atoms with van der Waals surface area (Å²) in [5.41, 5.74) is 21.3. The molecule has 13 aromatic rings. The number of benzene rings is 7. The summed E-state index contributed by atoms with van der Waals surface area (Å²) in [4.78, 5) is 48.9. The molecular formula is C109H125FIr3N3O9-3. The molecule has 667 valence electrons. The van der Waals surface area contributed by atoms with E-state index in [4.69, 9.17) is 13.3 Å². The molecule has 16 heteroatoms. The zero-order valence-corrected chi connectivity index (χ0v) is 83.4. The summed E-state index contributed by atoms with van der Waals surface area (Å²) >= 11 is 0. The number of furan rings is 3. The Hall–Kier alpha value is -9.88. The smallest absolute Gasteiger partial charge is 0.162 e. The van der Waals surface area contributed by atoms with Gasteiger partial charge < -0.3 is 43.5 Å². The van der Waals surface area contributed by atoms with E-state index in [1.165, 1.54) is 47.1 Å². The molecule has 125 heavy (non-hydrogen) atoms. The number of aliphatic hydroxyl groups is 3. The Morgan fingerprint density at radius 1 is 0.352 bits per heavy atom. The fourth-order valence-corrected chi connectivity index (χ4v) is 15.3. The zero-order valence-electron chi connectivity index (χ0n) is 76.2. The first-order chi connectivity index (χ1) is 58.7. The predicted molar refractivity (Wildman–Crippen MR) is 501 cm³/mol. The standard InChI is InChI=1S/C27H20NO.C22H18NO.C21H15FNO.3C13H24O2.3Ir/c1-18-13-19(2)15-22(14-18)24-16-23-25(17-28-24)29-27(21-11-7-4-8-12-21)26(23)20-9-5-3-6-10-20;1-14-9-15(2)11-18(10-14)20-12-19-16(3)22(24-21(19)13-23-20)17-7-5-4-6-8-17;1-13-7-14(2)9-16(8-13)19-10-17-11-20(24-21(17)12-23-19)15-3-5-18(22)6-4-15;3*1-5-10(6-2)12(14)9-13(15)11(7-3)8-4;;;/h3-14,16-17H,1-2H3;4-10,12-13H,1-3H3;3-8,10-12H,1-2H3;3*9-11,14H,5-8H2,1-4H3;;;/q3*-1;;;;;;. The van der Waals surface area contributed by atoms with Gasteiger partial charge in [0.2, 0.25) is 0 Å². The van der Waals surface area contributed by atoms with Crippen molar-refractivity contribution in [2.75, 3.05) is 0 Å². The average Bonchev–Trinajstić information content (AvgIpc) is 1.63. The molecule has 12 nitrogen and oxygen atoms in total. The predicted octanol–water partition coefficient (Wildman–Crippen LogP) is 30.5. The van der Waals surface area contributed by atoms with Gasteiger partial charge in [0.05, 0.1) is 35.9 Å². The molecule has 0 saturated carbocycles. The molecule has 0 spiro atoms. The minimum atomic E-state index is -0.260. The van der Waals surface area contributed by atoms with Gasteiger partial charge in [0, 0.05) is 158 Å². The van der Waals surface area contributed by atoms with Crippen LogP contribution in [-0.4, -0.2) is 47.6 Å². The number of allylic oxidation sites excluding steroid dienone is 6. The van der Waals surface area contributed by atoms with Crippen molar-refractivity contribution in [2.24, 2.45) is 35.5 Å². The van der Waals surface area contributed by atoms with Gasteiger partial charge >= 0.3 is 0 Å². The van der Waals surface area contributed by atoms with E-state index in [2.05, 4.69) is 172 Å². The van der Waals surface area contributed by atoms with Crippen LogP contribution in [0.4, 0.5) is 4.39 Å². The maximum absolute atomic E-state index is 13.1. The zero-order chi connectivity index (χ0) is 88.7. The number of hydrogen-bond donors (Lipinski definition) is 3. The molecule has 0 fully saturated rings. The number of fused-ring (bicyclic) bond motifs is 3. The van der Waals surface area contributed by atoms with Crippen molar-refractivity contribution >= 4 is 50.3 Å². The summed E-state index contributed by atoms with van der Waals surface area (Å²) < 4.78 is 31.3. The third kappa shape index (κ3) is 29.9. The summed E-state index contributed by atoms with van der Waals surface area (Å²) in [6, 6.07) is 68.1. The van der Waals surface area contributed by atoms with E-state index in [1.807, 2.05) is 157 Å². The third-order valence-corrected chi connectivity index (χ3v) is 22.6. The van der Waals surface area contributed by atoms with E-state index in [0.29, 0.717) is 11.3 Å². The van der Waals surface area contributed by atoms with Crippen LogP contribution in [0.1, 0.15) is 199 Å². The van der Waals surface area contributed by atoms with E-state index < -0.39 is 0 Å². The summed E-state index contributed by atoms with van der Waals surface area (Å²) in [6.07, 6.45) is 20.1. The van der Waals surface area contributed by atoms with Gasteiger partial charge in [-0.25, -0.2) is 4.39 Å². The van der Waals surface area contributed by atoms with Gasteiger partial charge in [-0.2, -0.15) is 0 Å². The molecule has 3 radical (unpaired) electrons. The molecule has 0 bridgehead atoms. The van der Waals surface area contributed by atoms with Crippen LogP contribution in [0.25, 0.3) is 112 Å². The number of hydrogen-bond acceptors (Lipinski definition) is 12. The minimum absolute atomic E-state index is 0. The van der Waals surface area contributed by atoms with Crippen molar-refractivity contribution < 1.29 is 108 Å². The van der Waals surface area contributed by atoms with Crippen molar-refractivity contribution in [2.45, 2.75) is 209 Å².